The second kappa shape index (κ2) is 10.6. The van der Waals surface area contributed by atoms with E-state index in [1.54, 1.807) is 0 Å². The normalized spacial score (nSPS) is 15.1. The fraction of sp³-hybridized carbons (Fsp3) is 0.323. The number of carbonyl (C=O) groups is 2. The summed E-state index contributed by atoms with van der Waals surface area (Å²) in [6.45, 7) is 7.93. The van der Waals surface area contributed by atoms with Gasteiger partial charge in [0.1, 0.15) is 5.52 Å². The first kappa shape index (κ1) is 24.8. The molecule has 190 valence electrons. The maximum absolute atomic E-state index is 13.2. The third-order valence-corrected chi connectivity index (χ3v) is 7.59. The van der Waals surface area contributed by atoms with Crippen LogP contribution in [0.5, 0.6) is 0 Å². The molecule has 6 nitrogen and oxygen atoms in total. The second-order valence-corrected chi connectivity index (χ2v) is 10.1. The van der Waals surface area contributed by atoms with Crippen LogP contribution in [-0.2, 0) is 11.3 Å². The van der Waals surface area contributed by atoms with Crippen molar-refractivity contribution in [3.8, 4) is 11.5 Å². The van der Waals surface area contributed by atoms with Gasteiger partial charge < -0.3 is 14.6 Å². The van der Waals surface area contributed by atoms with Crippen molar-refractivity contribution < 1.29 is 14.0 Å². The summed E-state index contributed by atoms with van der Waals surface area (Å²) in [5.74, 6) is 0.796. The van der Waals surface area contributed by atoms with Gasteiger partial charge in [-0.25, -0.2) is 4.98 Å². The second-order valence-electron chi connectivity index (χ2n) is 10.1. The van der Waals surface area contributed by atoms with Crippen molar-refractivity contribution in [3.05, 3.63) is 89.0 Å². The number of carbonyl (C=O) groups excluding carboxylic acids is 2. The van der Waals surface area contributed by atoms with Crippen LogP contribution in [0, 0.1) is 25.7 Å². The fourth-order valence-electron chi connectivity index (χ4n) is 5.03. The molecule has 1 atom stereocenters. The molecule has 2 heterocycles. The molecule has 2 amide bonds. The van der Waals surface area contributed by atoms with E-state index in [0.717, 1.165) is 24.0 Å². The average Bonchev–Trinajstić information content (AvgIpc) is 3.35. The minimum Gasteiger partial charge on any atom is -0.436 e. The average molecular weight is 496 g/mol. The van der Waals surface area contributed by atoms with E-state index in [2.05, 4.69) is 23.3 Å². The number of aryl methyl sites for hydroxylation is 2. The van der Waals surface area contributed by atoms with Crippen LogP contribution in [-0.4, -0.2) is 34.8 Å². The van der Waals surface area contributed by atoms with Gasteiger partial charge >= 0.3 is 0 Å². The van der Waals surface area contributed by atoms with Gasteiger partial charge in [0.05, 0.1) is 0 Å². The molecule has 1 aliphatic heterocycles. The summed E-state index contributed by atoms with van der Waals surface area (Å²) in [5.41, 5.74) is 6.35. The van der Waals surface area contributed by atoms with Gasteiger partial charge in [0.15, 0.2) is 5.58 Å². The van der Waals surface area contributed by atoms with Crippen LogP contribution in [0.25, 0.3) is 22.6 Å². The highest BCUT2D eigenvalue weighted by Gasteiger charge is 2.30. The van der Waals surface area contributed by atoms with Crippen LogP contribution in [0.3, 0.4) is 0 Å². The van der Waals surface area contributed by atoms with Crippen molar-refractivity contribution in [1.29, 1.82) is 0 Å². The monoisotopic (exact) mass is 495 g/mol. The quantitative estimate of drug-likeness (QED) is 0.360. The molecule has 3 aromatic carbocycles. The minimum absolute atomic E-state index is 0.00288. The Hall–Kier alpha value is -3.93. The lowest BCUT2D eigenvalue weighted by Gasteiger charge is -2.34. The van der Waals surface area contributed by atoms with Gasteiger partial charge in [-0.3, -0.25) is 9.59 Å². The zero-order chi connectivity index (χ0) is 25.9. The van der Waals surface area contributed by atoms with E-state index in [1.165, 1.54) is 11.1 Å². The standard InChI is InChI=1S/C31H33N3O3/c1-20-8-10-24(11-9-20)30-33-27-18-25(12-13-28(27)37-30)31(36)34-16-14-23(15-17-34)22(3)29(35)32-19-26-7-5-4-6-21(26)2/h4-13,18,22-23H,14-17,19H2,1-3H3,(H,32,35)/t22-/m0/s1. The van der Waals surface area contributed by atoms with Crippen molar-refractivity contribution >= 4 is 22.9 Å². The van der Waals surface area contributed by atoms with Gasteiger partial charge in [0.25, 0.3) is 5.91 Å². The van der Waals surface area contributed by atoms with Crippen LogP contribution in [0.4, 0.5) is 0 Å². The van der Waals surface area contributed by atoms with E-state index in [0.29, 0.717) is 42.2 Å². The molecule has 1 saturated heterocycles. The number of nitrogens with zero attached hydrogens (tertiary/aromatic N) is 2. The molecule has 1 fully saturated rings. The van der Waals surface area contributed by atoms with E-state index in [9.17, 15) is 9.59 Å². The maximum atomic E-state index is 13.2. The molecule has 5 rings (SSSR count). The maximum Gasteiger partial charge on any atom is 0.253 e. The van der Waals surface area contributed by atoms with Crippen molar-refractivity contribution in [2.45, 2.75) is 40.2 Å². The first-order valence-corrected chi connectivity index (χ1v) is 13.0. The van der Waals surface area contributed by atoms with E-state index in [4.69, 9.17) is 4.42 Å². The summed E-state index contributed by atoms with van der Waals surface area (Å²) in [4.78, 5) is 32.6. The molecule has 0 spiro atoms. The number of benzene rings is 3. The Morgan fingerprint density at radius 1 is 1.03 bits per heavy atom. The lowest BCUT2D eigenvalue weighted by atomic mass is 9.84. The summed E-state index contributed by atoms with van der Waals surface area (Å²) in [6.07, 6.45) is 1.63. The zero-order valence-corrected chi connectivity index (χ0v) is 21.7. The third kappa shape index (κ3) is 5.43. The molecule has 1 N–H and O–H groups in total. The number of fused-ring (bicyclic) bond motifs is 1. The Balaban J connectivity index is 1.18. The Bertz CT molecular complexity index is 1420. The number of piperidine rings is 1. The van der Waals surface area contributed by atoms with Gasteiger partial charge in [-0.05, 0) is 74.1 Å². The predicted molar refractivity (Wildman–Crippen MR) is 145 cm³/mol. The minimum atomic E-state index is -0.0899. The topological polar surface area (TPSA) is 75.4 Å². The third-order valence-electron chi connectivity index (χ3n) is 7.59. The predicted octanol–water partition coefficient (Wildman–Crippen LogP) is 5.92. The molecular formula is C31H33N3O3. The number of aromatic nitrogens is 1. The van der Waals surface area contributed by atoms with Crippen LogP contribution in [0.2, 0.25) is 0 Å². The highest BCUT2D eigenvalue weighted by molar-refractivity contribution is 5.97. The summed E-state index contributed by atoms with van der Waals surface area (Å²) < 4.78 is 5.92. The van der Waals surface area contributed by atoms with Crippen LogP contribution in [0.15, 0.2) is 71.1 Å². The summed E-state index contributed by atoms with van der Waals surface area (Å²) in [6, 6.07) is 21.6. The summed E-state index contributed by atoms with van der Waals surface area (Å²) in [5, 5.41) is 3.09. The smallest absolute Gasteiger partial charge is 0.253 e. The van der Waals surface area contributed by atoms with Crippen LogP contribution < -0.4 is 5.32 Å². The molecule has 1 aliphatic rings. The van der Waals surface area contributed by atoms with E-state index in [1.807, 2.05) is 79.4 Å². The van der Waals surface area contributed by atoms with E-state index in [-0.39, 0.29) is 23.7 Å². The van der Waals surface area contributed by atoms with Gasteiger partial charge in [0.2, 0.25) is 11.8 Å². The first-order valence-electron chi connectivity index (χ1n) is 13.0. The largest absolute Gasteiger partial charge is 0.436 e. The molecule has 0 bridgehead atoms. The number of nitrogens with one attached hydrogen (secondary N) is 1. The van der Waals surface area contributed by atoms with Crippen molar-refractivity contribution in [2.75, 3.05) is 13.1 Å². The van der Waals surface area contributed by atoms with Crippen molar-refractivity contribution in [3.63, 3.8) is 0 Å². The molecule has 6 heteroatoms. The van der Waals surface area contributed by atoms with Crippen LogP contribution >= 0.6 is 0 Å². The molecule has 1 aromatic heterocycles. The lowest BCUT2D eigenvalue weighted by molar-refractivity contribution is -0.126. The Labute approximate surface area is 217 Å². The molecule has 37 heavy (non-hydrogen) atoms. The van der Waals surface area contributed by atoms with E-state index >= 15 is 0 Å². The van der Waals surface area contributed by atoms with Crippen molar-refractivity contribution in [2.24, 2.45) is 11.8 Å². The SMILES string of the molecule is Cc1ccc(-c2nc3cc(C(=O)N4CCC([C@H](C)C(=O)NCc5ccccc5C)CC4)ccc3o2)cc1. The Morgan fingerprint density at radius 2 is 1.76 bits per heavy atom. The summed E-state index contributed by atoms with van der Waals surface area (Å²) in [7, 11) is 0. The molecule has 4 aromatic rings. The summed E-state index contributed by atoms with van der Waals surface area (Å²) >= 11 is 0. The molecule has 0 aliphatic carbocycles. The van der Waals surface area contributed by atoms with Crippen molar-refractivity contribution in [1.82, 2.24) is 15.2 Å². The number of rotatable bonds is 6. The molecule has 0 saturated carbocycles. The van der Waals surface area contributed by atoms with Gasteiger partial charge in [0, 0.05) is 36.7 Å². The lowest BCUT2D eigenvalue weighted by Crippen LogP contribution is -2.42. The zero-order valence-electron chi connectivity index (χ0n) is 21.7. The Morgan fingerprint density at radius 3 is 2.49 bits per heavy atom. The first-order chi connectivity index (χ1) is 17.9. The number of hydrogen-bond donors (Lipinski definition) is 1. The van der Waals surface area contributed by atoms with E-state index < -0.39 is 0 Å². The molecular weight excluding hydrogens is 462 g/mol. The van der Waals surface area contributed by atoms with Gasteiger partial charge in [-0.1, -0.05) is 48.9 Å². The Kier molecular flexibility index (Phi) is 7.08. The number of oxazole rings is 1. The molecule has 0 radical (unpaired) electrons. The number of amides is 2. The highest BCUT2D eigenvalue weighted by Crippen LogP contribution is 2.28. The molecule has 0 unspecified atom stereocenters. The highest BCUT2D eigenvalue weighted by atomic mass is 16.3. The number of likely N-dealkylation sites (tertiary alicyclic amines) is 1. The van der Waals surface area contributed by atoms with Gasteiger partial charge in [-0.2, -0.15) is 0 Å². The van der Waals surface area contributed by atoms with Gasteiger partial charge in [-0.15, -0.1) is 0 Å². The number of hydrogen-bond acceptors (Lipinski definition) is 4. The fourth-order valence-corrected chi connectivity index (χ4v) is 5.03. The van der Waals surface area contributed by atoms with Crippen LogP contribution in [0.1, 0.15) is 46.8 Å².